The van der Waals surface area contributed by atoms with Crippen molar-refractivity contribution in [2.75, 3.05) is 26.8 Å². The molecule has 2 aliphatic heterocycles. The minimum atomic E-state index is -0.113. The molecule has 3 atom stereocenters. The Morgan fingerprint density at radius 3 is 3.15 bits per heavy atom. The van der Waals surface area contributed by atoms with Crippen LogP contribution in [0.25, 0.3) is 0 Å². The van der Waals surface area contributed by atoms with Gasteiger partial charge in [0, 0.05) is 19.7 Å². The standard InChI is InChI=1S/C9H15NO3/c1-12-9(11)8-6-10(8)5-7-3-2-4-13-7/h7-8H,2-6H2,1H3. The quantitative estimate of drug-likeness (QED) is 0.459. The molecule has 2 saturated heterocycles. The summed E-state index contributed by atoms with van der Waals surface area (Å²) in [7, 11) is 1.44. The maximum atomic E-state index is 11.1. The van der Waals surface area contributed by atoms with Crippen molar-refractivity contribution in [3.63, 3.8) is 0 Å². The predicted molar refractivity (Wildman–Crippen MR) is 46.4 cm³/mol. The van der Waals surface area contributed by atoms with E-state index in [2.05, 4.69) is 9.64 Å². The Morgan fingerprint density at radius 2 is 2.54 bits per heavy atom. The van der Waals surface area contributed by atoms with E-state index in [1.54, 1.807) is 0 Å². The second-order valence-electron chi connectivity index (χ2n) is 3.63. The van der Waals surface area contributed by atoms with Crippen molar-refractivity contribution in [2.45, 2.75) is 25.0 Å². The molecule has 0 radical (unpaired) electrons. The van der Waals surface area contributed by atoms with E-state index in [0.717, 1.165) is 32.5 Å². The Labute approximate surface area is 77.8 Å². The fourth-order valence-corrected chi connectivity index (χ4v) is 1.79. The number of hydrogen-bond acceptors (Lipinski definition) is 4. The van der Waals surface area contributed by atoms with E-state index in [1.807, 2.05) is 0 Å². The van der Waals surface area contributed by atoms with Gasteiger partial charge >= 0.3 is 5.97 Å². The highest BCUT2D eigenvalue weighted by atomic mass is 16.5. The van der Waals surface area contributed by atoms with Crippen LogP contribution in [0.4, 0.5) is 0 Å². The van der Waals surface area contributed by atoms with E-state index < -0.39 is 0 Å². The molecule has 2 fully saturated rings. The van der Waals surface area contributed by atoms with E-state index in [0.29, 0.717) is 6.10 Å². The van der Waals surface area contributed by atoms with Gasteiger partial charge in [-0.15, -0.1) is 0 Å². The van der Waals surface area contributed by atoms with Crippen LogP contribution in [0.2, 0.25) is 0 Å². The van der Waals surface area contributed by atoms with Gasteiger partial charge in [-0.25, -0.2) is 0 Å². The lowest BCUT2D eigenvalue weighted by molar-refractivity contribution is -0.140. The molecule has 0 aromatic rings. The van der Waals surface area contributed by atoms with Crippen LogP contribution in [0.3, 0.4) is 0 Å². The third-order valence-corrected chi connectivity index (χ3v) is 2.65. The van der Waals surface area contributed by atoms with Crippen LogP contribution in [0, 0.1) is 0 Å². The molecule has 2 heterocycles. The van der Waals surface area contributed by atoms with Crippen molar-refractivity contribution in [3.05, 3.63) is 0 Å². The number of hydrogen-bond donors (Lipinski definition) is 0. The van der Waals surface area contributed by atoms with Gasteiger partial charge in [-0.1, -0.05) is 0 Å². The second-order valence-corrected chi connectivity index (χ2v) is 3.63. The number of carbonyl (C=O) groups excluding carboxylic acids is 1. The van der Waals surface area contributed by atoms with Gasteiger partial charge in [0.05, 0.1) is 13.2 Å². The molecule has 13 heavy (non-hydrogen) atoms. The molecule has 0 saturated carbocycles. The molecule has 0 aliphatic carbocycles. The zero-order valence-electron chi connectivity index (χ0n) is 7.86. The largest absolute Gasteiger partial charge is 0.468 e. The van der Waals surface area contributed by atoms with Crippen molar-refractivity contribution in [2.24, 2.45) is 0 Å². The molecule has 0 aromatic carbocycles. The van der Waals surface area contributed by atoms with Gasteiger partial charge in [-0.2, -0.15) is 0 Å². The summed E-state index contributed by atoms with van der Waals surface area (Å²) in [5.74, 6) is -0.113. The average molecular weight is 185 g/mol. The first-order valence-electron chi connectivity index (χ1n) is 4.74. The van der Waals surface area contributed by atoms with Crippen LogP contribution in [0.5, 0.6) is 0 Å². The topological polar surface area (TPSA) is 38.5 Å². The molecule has 3 unspecified atom stereocenters. The zero-order chi connectivity index (χ0) is 9.26. The molecule has 0 N–H and O–H groups in total. The van der Waals surface area contributed by atoms with Crippen molar-refractivity contribution in [1.29, 1.82) is 0 Å². The van der Waals surface area contributed by atoms with E-state index in [9.17, 15) is 4.79 Å². The number of nitrogens with zero attached hydrogens (tertiary/aromatic N) is 1. The van der Waals surface area contributed by atoms with Gasteiger partial charge < -0.3 is 9.47 Å². The summed E-state index contributed by atoms with van der Waals surface area (Å²) in [5, 5.41) is 0. The molecular weight excluding hydrogens is 170 g/mol. The summed E-state index contributed by atoms with van der Waals surface area (Å²) >= 11 is 0. The molecule has 2 aliphatic rings. The minimum Gasteiger partial charge on any atom is -0.468 e. The predicted octanol–water partition coefficient (Wildman–Crippen LogP) is 0.0226. The van der Waals surface area contributed by atoms with Crippen LogP contribution in [0.1, 0.15) is 12.8 Å². The van der Waals surface area contributed by atoms with Crippen LogP contribution < -0.4 is 0 Å². The highest BCUT2D eigenvalue weighted by Gasteiger charge is 2.42. The average Bonchev–Trinajstić information content (AvgIpc) is 2.69. The van der Waals surface area contributed by atoms with E-state index in [4.69, 9.17) is 4.74 Å². The smallest absolute Gasteiger partial charge is 0.324 e. The third kappa shape index (κ3) is 2.00. The van der Waals surface area contributed by atoms with Gasteiger partial charge in [-0.05, 0) is 12.8 Å². The van der Waals surface area contributed by atoms with Gasteiger partial charge in [0.15, 0.2) is 0 Å². The zero-order valence-corrected chi connectivity index (χ0v) is 7.86. The number of esters is 1. The summed E-state index contributed by atoms with van der Waals surface area (Å²) in [6, 6.07) is 0.00852. The molecule has 74 valence electrons. The molecule has 0 bridgehead atoms. The van der Waals surface area contributed by atoms with Gasteiger partial charge in [0.25, 0.3) is 0 Å². The lowest BCUT2D eigenvalue weighted by atomic mass is 10.2. The van der Waals surface area contributed by atoms with Gasteiger partial charge in [0.1, 0.15) is 6.04 Å². The highest BCUT2D eigenvalue weighted by molar-refractivity contribution is 5.78. The lowest BCUT2D eigenvalue weighted by Gasteiger charge is -2.09. The number of rotatable bonds is 3. The molecule has 4 nitrogen and oxygen atoms in total. The Bertz CT molecular complexity index is 201. The summed E-state index contributed by atoms with van der Waals surface area (Å²) in [4.78, 5) is 13.2. The number of methoxy groups -OCH3 is 1. The van der Waals surface area contributed by atoms with Crippen molar-refractivity contribution in [3.8, 4) is 0 Å². The number of ether oxygens (including phenoxy) is 2. The summed E-state index contributed by atoms with van der Waals surface area (Å²) < 4.78 is 10.1. The summed E-state index contributed by atoms with van der Waals surface area (Å²) in [6.07, 6.45) is 2.63. The lowest BCUT2D eigenvalue weighted by Crippen LogP contribution is -2.22. The maximum absolute atomic E-state index is 11.1. The van der Waals surface area contributed by atoms with E-state index in [-0.39, 0.29) is 12.0 Å². The maximum Gasteiger partial charge on any atom is 0.324 e. The second kappa shape index (κ2) is 3.64. The molecule has 0 aromatic heterocycles. The summed E-state index contributed by atoms with van der Waals surface area (Å²) in [5.41, 5.74) is 0. The minimum absolute atomic E-state index is 0.00852. The van der Waals surface area contributed by atoms with E-state index in [1.165, 1.54) is 7.11 Å². The van der Waals surface area contributed by atoms with Crippen LogP contribution >= 0.6 is 0 Å². The van der Waals surface area contributed by atoms with Crippen LogP contribution in [-0.2, 0) is 14.3 Å². The Hall–Kier alpha value is -0.610. The van der Waals surface area contributed by atoms with E-state index >= 15 is 0 Å². The van der Waals surface area contributed by atoms with Crippen molar-refractivity contribution >= 4 is 5.97 Å². The Kier molecular flexibility index (Phi) is 2.51. The van der Waals surface area contributed by atoms with Crippen molar-refractivity contribution in [1.82, 2.24) is 4.90 Å². The van der Waals surface area contributed by atoms with Crippen LogP contribution in [0.15, 0.2) is 0 Å². The molecule has 2 rings (SSSR count). The molecule has 0 amide bonds. The normalized spacial score (nSPS) is 37.5. The summed E-state index contributed by atoms with van der Waals surface area (Å²) in [6.45, 7) is 2.60. The number of carbonyl (C=O) groups is 1. The fourth-order valence-electron chi connectivity index (χ4n) is 1.79. The van der Waals surface area contributed by atoms with Gasteiger partial charge in [-0.3, -0.25) is 9.69 Å². The first-order chi connectivity index (χ1) is 6.31. The van der Waals surface area contributed by atoms with Gasteiger partial charge in [0.2, 0.25) is 0 Å². The monoisotopic (exact) mass is 185 g/mol. The first-order valence-corrected chi connectivity index (χ1v) is 4.74. The third-order valence-electron chi connectivity index (χ3n) is 2.65. The van der Waals surface area contributed by atoms with Crippen molar-refractivity contribution < 1.29 is 14.3 Å². The molecule has 4 heteroatoms. The highest BCUT2D eigenvalue weighted by Crippen LogP contribution is 2.22. The Morgan fingerprint density at radius 1 is 1.69 bits per heavy atom. The molecule has 0 spiro atoms. The fraction of sp³-hybridized carbons (Fsp3) is 0.889. The van der Waals surface area contributed by atoms with Crippen LogP contribution in [-0.4, -0.2) is 49.8 Å². The SMILES string of the molecule is COC(=O)C1CN1CC1CCCO1. The molecular formula is C9H15NO3. The first kappa shape index (κ1) is 8.97. The Balaban J connectivity index is 1.71.